The highest BCUT2D eigenvalue weighted by atomic mass is 32.2. The minimum atomic E-state index is -0.330. The van der Waals surface area contributed by atoms with Gasteiger partial charge in [-0.05, 0) is 68.4 Å². The quantitative estimate of drug-likeness (QED) is 0.327. The van der Waals surface area contributed by atoms with Crippen LogP contribution in [0.25, 0.3) is 5.52 Å². The topological polar surface area (TPSA) is 126 Å². The second-order valence-electron chi connectivity index (χ2n) is 7.96. The Balaban J connectivity index is 1.25. The molecule has 5 rings (SSSR count). The maximum atomic E-state index is 12.4. The standard InChI is InChI=1S/C23H23N7O3S/c1-3-33-22(32)17-12-16(17)21(31)24-14-6-8-15(9-7-14)34-23-26-20(18-5-4-10-30(18)29-23)25-19-11-13(2)27-28-19/h4-11,16-17H,3,12H2,1-2H3,(H,24,31)(H2,25,26,27,28,29)/t16-,17-/m0/s1. The number of carbonyl (C=O) groups excluding carboxylic acids is 2. The molecule has 0 unspecified atom stereocenters. The molecule has 1 amide bonds. The number of aromatic amines is 1. The van der Waals surface area contributed by atoms with Crippen LogP contribution in [0.5, 0.6) is 0 Å². The third kappa shape index (κ3) is 4.74. The summed E-state index contributed by atoms with van der Waals surface area (Å²) in [5.74, 6) is 0.215. The van der Waals surface area contributed by atoms with Gasteiger partial charge in [0.2, 0.25) is 11.1 Å². The number of nitrogens with zero attached hydrogens (tertiary/aromatic N) is 4. The molecule has 4 aromatic rings. The summed E-state index contributed by atoms with van der Waals surface area (Å²) in [5.41, 5.74) is 2.45. The van der Waals surface area contributed by atoms with Gasteiger partial charge in [0.05, 0.1) is 18.4 Å². The van der Waals surface area contributed by atoms with Gasteiger partial charge in [-0.25, -0.2) is 9.50 Å². The number of hydrogen-bond acceptors (Lipinski definition) is 8. The van der Waals surface area contributed by atoms with Crippen LogP contribution in [0, 0.1) is 18.8 Å². The van der Waals surface area contributed by atoms with E-state index in [1.165, 1.54) is 11.8 Å². The van der Waals surface area contributed by atoms with Crippen molar-refractivity contribution in [3.8, 4) is 0 Å². The Kier molecular flexibility index (Phi) is 5.93. The Bertz CT molecular complexity index is 1350. The molecule has 1 saturated carbocycles. The van der Waals surface area contributed by atoms with Gasteiger partial charge in [-0.3, -0.25) is 14.7 Å². The molecule has 2 atom stereocenters. The first-order valence-corrected chi connectivity index (χ1v) is 11.7. The minimum absolute atomic E-state index is 0.163. The molecule has 0 aliphatic heterocycles. The summed E-state index contributed by atoms with van der Waals surface area (Å²) in [4.78, 5) is 29.7. The van der Waals surface area contributed by atoms with Crippen molar-refractivity contribution in [1.82, 2.24) is 24.8 Å². The lowest BCUT2D eigenvalue weighted by Gasteiger charge is -2.09. The van der Waals surface area contributed by atoms with Crippen molar-refractivity contribution in [2.45, 2.75) is 30.3 Å². The van der Waals surface area contributed by atoms with E-state index >= 15 is 0 Å². The number of esters is 1. The number of carbonyl (C=O) groups is 2. The summed E-state index contributed by atoms with van der Waals surface area (Å²) in [5, 5.41) is 18.4. The smallest absolute Gasteiger partial charge is 0.309 e. The van der Waals surface area contributed by atoms with E-state index in [-0.39, 0.29) is 23.7 Å². The summed E-state index contributed by atoms with van der Waals surface area (Å²) in [6.45, 7) is 4.01. The predicted octanol–water partition coefficient (Wildman–Crippen LogP) is 3.79. The normalized spacial score (nSPS) is 16.9. The van der Waals surface area contributed by atoms with E-state index in [4.69, 9.17) is 4.74 Å². The molecule has 34 heavy (non-hydrogen) atoms. The lowest BCUT2D eigenvalue weighted by molar-refractivity contribution is -0.145. The zero-order chi connectivity index (χ0) is 23.7. The van der Waals surface area contributed by atoms with Crippen molar-refractivity contribution in [3.63, 3.8) is 0 Å². The maximum Gasteiger partial charge on any atom is 0.309 e. The van der Waals surface area contributed by atoms with Gasteiger partial charge in [-0.15, -0.1) is 5.10 Å². The van der Waals surface area contributed by atoms with Gasteiger partial charge in [0.1, 0.15) is 5.52 Å². The molecule has 0 saturated heterocycles. The van der Waals surface area contributed by atoms with Crippen molar-refractivity contribution < 1.29 is 14.3 Å². The molecule has 0 radical (unpaired) electrons. The Hall–Kier alpha value is -3.86. The first-order chi connectivity index (χ1) is 16.5. The van der Waals surface area contributed by atoms with Crippen molar-refractivity contribution in [2.24, 2.45) is 11.8 Å². The minimum Gasteiger partial charge on any atom is -0.466 e. The summed E-state index contributed by atoms with van der Waals surface area (Å²) < 4.78 is 6.75. The number of ether oxygens (including phenoxy) is 1. The first kappa shape index (κ1) is 22.0. The third-order valence-electron chi connectivity index (χ3n) is 5.37. The number of rotatable bonds is 8. The Morgan fingerprint density at radius 3 is 2.79 bits per heavy atom. The van der Waals surface area contributed by atoms with E-state index in [1.54, 1.807) is 11.4 Å². The number of aromatic nitrogens is 5. The largest absolute Gasteiger partial charge is 0.466 e. The van der Waals surface area contributed by atoms with Gasteiger partial charge in [0, 0.05) is 28.5 Å². The average molecular weight is 478 g/mol. The number of anilines is 3. The fourth-order valence-corrected chi connectivity index (χ4v) is 4.34. The number of benzene rings is 1. The number of H-pyrrole nitrogens is 1. The number of fused-ring (bicyclic) bond motifs is 1. The van der Waals surface area contributed by atoms with Gasteiger partial charge >= 0.3 is 5.97 Å². The Morgan fingerprint density at radius 2 is 2.06 bits per heavy atom. The van der Waals surface area contributed by atoms with Crippen LogP contribution in [0.4, 0.5) is 17.3 Å². The highest BCUT2D eigenvalue weighted by Crippen LogP contribution is 2.40. The van der Waals surface area contributed by atoms with E-state index in [0.29, 0.717) is 35.5 Å². The van der Waals surface area contributed by atoms with E-state index in [2.05, 4.69) is 30.9 Å². The van der Waals surface area contributed by atoms with Crippen LogP contribution in [0.15, 0.2) is 58.7 Å². The number of amides is 1. The summed E-state index contributed by atoms with van der Waals surface area (Å²) >= 11 is 1.41. The average Bonchev–Trinajstić information content (AvgIpc) is 3.31. The molecular formula is C23H23N7O3S. The molecule has 3 heterocycles. The lowest BCUT2D eigenvalue weighted by Crippen LogP contribution is -2.18. The van der Waals surface area contributed by atoms with Crippen molar-refractivity contribution in [3.05, 3.63) is 54.4 Å². The fraction of sp³-hybridized carbons (Fsp3) is 0.261. The summed E-state index contributed by atoms with van der Waals surface area (Å²) in [7, 11) is 0. The molecule has 10 nitrogen and oxygen atoms in total. The highest BCUT2D eigenvalue weighted by molar-refractivity contribution is 7.99. The molecule has 1 aromatic carbocycles. The summed E-state index contributed by atoms with van der Waals surface area (Å²) in [6, 6.07) is 13.2. The highest BCUT2D eigenvalue weighted by Gasteiger charge is 2.49. The number of aryl methyl sites for hydroxylation is 1. The van der Waals surface area contributed by atoms with E-state index in [1.807, 2.05) is 55.6 Å². The van der Waals surface area contributed by atoms with E-state index < -0.39 is 0 Å². The molecule has 1 fully saturated rings. The van der Waals surface area contributed by atoms with Crippen LogP contribution in [0.3, 0.4) is 0 Å². The van der Waals surface area contributed by atoms with Gasteiger partial charge in [-0.2, -0.15) is 5.10 Å². The molecule has 11 heteroatoms. The van der Waals surface area contributed by atoms with Crippen molar-refractivity contribution in [2.75, 3.05) is 17.2 Å². The van der Waals surface area contributed by atoms with Crippen LogP contribution in [-0.2, 0) is 14.3 Å². The molecule has 3 N–H and O–H groups in total. The van der Waals surface area contributed by atoms with Crippen LogP contribution in [0.2, 0.25) is 0 Å². The molecule has 3 aromatic heterocycles. The van der Waals surface area contributed by atoms with Gasteiger partial charge in [0.25, 0.3) is 0 Å². The van der Waals surface area contributed by atoms with E-state index in [9.17, 15) is 9.59 Å². The molecule has 1 aliphatic rings. The first-order valence-electron chi connectivity index (χ1n) is 10.9. The zero-order valence-corrected chi connectivity index (χ0v) is 19.4. The van der Waals surface area contributed by atoms with Gasteiger partial charge in [-0.1, -0.05) is 0 Å². The summed E-state index contributed by atoms with van der Waals surface area (Å²) in [6.07, 6.45) is 2.40. The van der Waals surface area contributed by atoms with Gasteiger partial charge < -0.3 is 15.4 Å². The molecule has 174 valence electrons. The van der Waals surface area contributed by atoms with Crippen LogP contribution in [0.1, 0.15) is 19.0 Å². The van der Waals surface area contributed by atoms with Crippen molar-refractivity contribution in [1.29, 1.82) is 0 Å². The molecule has 1 aliphatic carbocycles. The maximum absolute atomic E-state index is 12.4. The van der Waals surface area contributed by atoms with Crippen LogP contribution < -0.4 is 10.6 Å². The van der Waals surface area contributed by atoms with Crippen LogP contribution in [-0.4, -0.2) is 43.3 Å². The zero-order valence-electron chi connectivity index (χ0n) is 18.6. The molecular weight excluding hydrogens is 454 g/mol. The second-order valence-corrected chi connectivity index (χ2v) is 9.00. The Labute approximate surface area is 199 Å². The molecule has 0 spiro atoms. The van der Waals surface area contributed by atoms with Crippen LogP contribution >= 0.6 is 11.8 Å². The SMILES string of the molecule is CCOC(=O)[C@H]1C[C@@H]1C(=O)Nc1ccc(Sc2nc(Nc3cc(C)[nH]n3)c3cccn3n2)cc1. The van der Waals surface area contributed by atoms with E-state index in [0.717, 1.165) is 16.1 Å². The second kappa shape index (κ2) is 9.18. The number of hydrogen-bond donors (Lipinski definition) is 3. The third-order valence-corrected chi connectivity index (χ3v) is 6.23. The molecule has 0 bridgehead atoms. The van der Waals surface area contributed by atoms with Crippen molar-refractivity contribution >= 4 is 46.5 Å². The number of nitrogens with one attached hydrogen (secondary N) is 3. The van der Waals surface area contributed by atoms with Gasteiger partial charge in [0.15, 0.2) is 11.6 Å². The fourth-order valence-electron chi connectivity index (χ4n) is 3.59. The monoisotopic (exact) mass is 477 g/mol. The predicted molar refractivity (Wildman–Crippen MR) is 127 cm³/mol. The Morgan fingerprint density at radius 1 is 1.24 bits per heavy atom. The lowest BCUT2D eigenvalue weighted by atomic mass is 10.2.